The third kappa shape index (κ3) is 4.23. The minimum Gasteiger partial charge on any atom is -0.266 e. The van der Waals surface area contributed by atoms with Gasteiger partial charge in [0.25, 0.3) is 10.0 Å². The van der Waals surface area contributed by atoms with Crippen molar-refractivity contribution in [3.63, 3.8) is 0 Å². The smallest absolute Gasteiger partial charge is 0.257 e. The molecule has 0 saturated heterocycles. The zero-order chi connectivity index (χ0) is 11.1. The maximum absolute atomic E-state index is 11.5. The summed E-state index contributed by atoms with van der Waals surface area (Å²) in [6, 6.07) is 1.43. The van der Waals surface area contributed by atoms with Gasteiger partial charge in [0.1, 0.15) is 0 Å². The highest BCUT2D eigenvalue weighted by Crippen LogP contribution is 2.03. The first-order valence-electron chi connectivity index (χ1n) is 4.65. The Hall–Kier alpha value is -0.530. The molecule has 0 aliphatic carbocycles. The Balaban J connectivity index is 2.32. The fourth-order valence-electron chi connectivity index (χ4n) is 1.05. The van der Waals surface area contributed by atoms with Crippen LogP contribution in [0.25, 0.3) is 0 Å². The minimum absolute atomic E-state index is 0.118. The van der Waals surface area contributed by atoms with Gasteiger partial charge in [-0.15, -0.1) is 0 Å². The van der Waals surface area contributed by atoms with Gasteiger partial charge in [-0.2, -0.15) is 16.9 Å². The van der Waals surface area contributed by atoms with E-state index in [1.54, 1.807) is 11.8 Å². The van der Waals surface area contributed by atoms with Crippen LogP contribution >= 0.6 is 11.8 Å². The van der Waals surface area contributed by atoms with E-state index in [0.29, 0.717) is 6.54 Å². The van der Waals surface area contributed by atoms with Gasteiger partial charge in [0.15, 0.2) is 5.03 Å². The average Bonchev–Trinajstić information content (AvgIpc) is 2.70. The van der Waals surface area contributed by atoms with Crippen molar-refractivity contribution in [1.29, 1.82) is 0 Å². The van der Waals surface area contributed by atoms with E-state index in [-0.39, 0.29) is 5.03 Å². The van der Waals surface area contributed by atoms with Crippen LogP contribution < -0.4 is 4.72 Å². The second-order valence-electron chi connectivity index (χ2n) is 3.02. The Morgan fingerprint density at radius 1 is 1.53 bits per heavy atom. The third-order valence-electron chi connectivity index (χ3n) is 1.83. The molecule has 0 amide bonds. The number of unbranched alkanes of at least 4 members (excludes halogenated alkanes) is 1. The Kier molecular flexibility index (Phi) is 5.13. The first-order valence-corrected chi connectivity index (χ1v) is 7.52. The molecule has 0 radical (unpaired) electrons. The summed E-state index contributed by atoms with van der Waals surface area (Å²) in [4.78, 5) is 0. The van der Waals surface area contributed by atoms with Gasteiger partial charge >= 0.3 is 0 Å². The molecule has 15 heavy (non-hydrogen) atoms. The number of nitrogens with one attached hydrogen (secondary N) is 2. The molecule has 0 fully saturated rings. The number of nitrogens with zero attached hydrogens (tertiary/aromatic N) is 1. The molecule has 0 aromatic carbocycles. The predicted octanol–water partition coefficient (Wildman–Crippen LogP) is 0.831. The van der Waals surface area contributed by atoms with Crippen LogP contribution in [0.4, 0.5) is 0 Å². The van der Waals surface area contributed by atoms with Gasteiger partial charge in [0, 0.05) is 6.54 Å². The maximum atomic E-state index is 11.5. The molecule has 1 heterocycles. The molecule has 0 atom stereocenters. The quantitative estimate of drug-likeness (QED) is 0.702. The van der Waals surface area contributed by atoms with Crippen molar-refractivity contribution in [2.45, 2.75) is 17.9 Å². The van der Waals surface area contributed by atoms with Gasteiger partial charge in [-0.05, 0) is 30.9 Å². The summed E-state index contributed by atoms with van der Waals surface area (Å²) in [7, 11) is -3.38. The summed E-state index contributed by atoms with van der Waals surface area (Å²) in [5, 5.41) is 6.14. The third-order valence-corrected chi connectivity index (χ3v) is 3.92. The lowest BCUT2D eigenvalue weighted by Gasteiger charge is -2.03. The summed E-state index contributed by atoms with van der Waals surface area (Å²) >= 11 is 1.76. The first kappa shape index (κ1) is 12.5. The van der Waals surface area contributed by atoms with Crippen LogP contribution in [-0.2, 0) is 10.0 Å². The van der Waals surface area contributed by atoms with E-state index >= 15 is 0 Å². The van der Waals surface area contributed by atoms with Crippen molar-refractivity contribution >= 4 is 21.8 Å². The second kappa shape index (κ2) is 6.14. The van der Waals surface area contributed by atoms with Crippen LogP contribution in [0, 0.1) is 0 Å². The molecule has 0 saturated carbocycles. The SMILES string of the molecule is CSCCCCNS(=O)(=O)c1ccn[nH]1. The van der Waals surface area contributed by atoms with Crippen molar-refractivity contribution < 1.29 is 8.42 Å². The van der Waals surface area contributed by atoms with Gasteiger partial charge < -0.3 is 0 Å². The van der Waals surface area contributed by atoms with Gasteiger partial charge in [-0.1, -0.05) is 0 Å². The largest absolute Gasteiger partial charge is 0.266 e. The van der Waals surface area contributed by atoms with Gasteiger partial charge in [0.2, 0.25) is 0 Å². The number of rotatable bonds is 7. The number of aromatic nitrogens is 2. The molecule has 0 aliphatic rings. The van der Waals surface area contributed by atoms with Crippen LogP contribution in [0.3, 0.4) is 0 Å². The molecule has 1 rings (SSSR count). The molecule has 86 valence electrons. The van der Waals surface area contributed by atoms with Crippen LogP contribution in [0.15, 0.2) is 17.3 Å². The van der Waals surface area contributed by atoms with Crippen molar-refractivity contribution in [3.05, 3.63) is 12.3 Å². The fourth-order valence-corrected chi connectivity index (χ4v) is 2.52. The molecular formula is C8H15N3O2S2. The molecule has 1 aromatic heterocycles. The van der Waals surface area contributed by atoms with E-state index in [9.17, 15) is 8.42 Å². The van der Waals surface area contributed by atoms with E-state index < -0.39 is 10.0 Å². The van der Waals surface area contributed by atoms with E-state index in [4.69, 9.17) is 0 Å². The van der Waals surface area contributed by atoms with E-state index in [2.05, 4.69) is 14.9 Å². The zero-order valence-electron chi connectivity index (χ0n) is 8.56. The number of sulfonamides is 1. The number of hydrogen-bond acceptors (Lipinski definition) is 4. The van der Waals surface area contributed by atoms with Crippen LogP contribution in [0.5, 0.6) is 0 Å². The van der Waals surface area contributed by atoms with Crippen LogP contribution in [0.1, 0.15) is 12.8 Å². The Morgan fingerprint density at radius 2 is 2.33 bits per heavy atom. The highest BCUT2D eigenvalue weighted by molar-refractivity contribution is 7.98. The lowest BCUT2D eigenvalue weighted by Crippen LogP contribution is -2.25. The summed E-state index contributed by atoms with van der Waals surface area (Å²) in [5.74, 6) is 1.06. The van der Waals surface area contributed by atoms with Gasteiger partial charge in [0.05, 0.1) is 6.20 Å². The summed E-state index contributed by atoms with van der Waals surface area (Å²) in [6.45, 7) is 0.474. The highest BCUT2D eigenvalue weighted by atomic mass is 32.2. The predicted molar refractivity (Wildman–Crippen MR) is 61.4 cm³/mol. The minimum atomic E-state index is -3.38. The number of H-pyrrole nitrogens is 1. The lowest BCUT2D eigenvalue weighted by atomic mass is 10.3. The topological polar surface area (TPSA) is 74.8 Å². The molecule has 0 spiro atoms. The molecule has 0 bridgehead atoms. The summed E-state index contributed by atoms with van der Waals surface area (Å²) in [6.07, 6.45) is 5.33. The summed E-state index contributed by atoms with van der Waals surface area (Å²) in [5.41, 5.74) is 0. The molecule has 2 N–H and O–H groups in total. The monoisotopic (exact) mass is 249 g/mol. The Bertz CT molecular complexity index is 361. The molecule has 1 aromatic rings. The number of hydrogen-bond donors (Lipinski definition) is 2. The normalized spacial score (nSPS) is 11.8. The van der Waals surface area contributed by atoms with Crippen LogP contribution in [0.2, 0.25) is 0 Å². The summed E-state index contributed by atoms with van der Waals surface area (Å²) < 4.78 is 25.6. The van der Waals surface area contributed by atoms with E-state index in [0.717, 1.165) is 18.6 Å². The van der Waals surface area contributed by atoms with Crippen LogP contribution in [-0.4, -0.2) is 37.2 Å². The Labute approximate surface area is 94.1 Å². The molecular weight excluding hydrogens is 234 g/mol. The van der Waals surface area contributed by atoms with Crippen molar-refractivity contribution in [3.8, 4) is 0 Å². The van der Waals surface area contributed by atoms with Gasteiger partial charge in [-0.3, -0.25) is 5.10 Å². The second-order valence-corrected chi connectivity index (χ2v) is 5.74. The van der Waals surface area contributed by atoms with Crippen molar-refractivity contribution in [2.24, 2.45) is 0 Å². The molecule has 0 unspecified atom stereocenters. The zero-order valence-corrected chi connectivity index (χ0v) is 10.2. The molecule has 7 heteroatoms. The molecule has 5 nitrogen and oxygen atoms in total. The highest BCUT2D eigenvalue weighted by Gasteiger charge is 2.13. The van der Waals surface area contributed by atoms with Crippen molar-refractivity contribution in [1.82, 2.24) is 14.9 Å². The number of thioether (sulfide) groups is 1. The fraction of sp³-hybridized carbons (Fsp3) is 0.625. The lowest BCUT2D eigenvalue weighted by molar-refractivity contribution is 0.574. The standard InChI is InChI=1S/C8H15N3O2S2/c1-14-7-3-2-5-10-15(12,13)8-4-6-9-11-8/h4,6,10H,2-3,5,7H2,1H3,(H,9,11). The first-order chi connectivity index (χ1) is 7.17. The average molecular weight is 249 g/mol. The van der Waals surface area contributed by atoms with E-state index in [1.165, 1.54) is 12.3 Å². The number of aromatic amines is 1. The van der Waals surface area contributed by atoms with Crippen molar-refractivity contribution in [2.75, 3.05) is 18.6 Å². The maximum Gasteiger partial charge on any atom is 0.257 e. The van der Waals surface area contributed by atoms with E-state index in [1.807, 2.05) is 6.26 Å². The van der Waals surface area contributed by atoms with Gasteiger partial charge in [-0.25, -0.2) is 13.1 Å². The molecule has 0 aliphatic heterocycles. The Morgan fingerprint density at radius 3 is 2.93 bits per heavy atom.